The second kappa shape index (κ2) is 7.67. The van der Waals surface area contributed by atoms with E-state index in [0.29, 0.717) is 19.2 Å². The second-order valence-electron chi connectivity index (χ2n) is 6.97. The summed E-state index contributed by atoms with van der Waals surface area (Å²) in [7, 11) is 1.70. The van der Waals surface area contributed by atoms with Gasteiger partial charge in [0.1, 0.15) is 0 Å². The Morgan fingerprint density at radius 1 is 1.15 bits per heavy atom. The van der Waals surface area contributed by atoms with Gasteiger partial charge in [-0.15, -0.1) is 0 Å². The Bertz CT molecular complexity index is 912. The SMILES string of the molecule is Cn1ccc(CN2CCC(Cn3cnc(C(F)(F)F)cc3=O)CC2)cc1=O. The van der Waals surface area contributed by atoms with Crippen molar-refractivity contribution in [1.82, 2.24) is 19.0 Å². The predicted molar refractivity (Wildman–Crippen MR) is 93.2 cm³/mol. The van der Waals surface area contributed by atoms with Crippen LogP contribution in [0.15, 0.2) is 40.3 Å². The molecule has 146 valence electrons. The number of pyridine rings is 1. The van der Waals surface area contributed by atoms with E-state index in [1.54, 1.807) is 19.3 Å². The molecule has 0 radical (unpaired) electrons. The van der Waals surface area contributed by atoms with Crippen molar-refractivity contribution in [2.24, 2.45) is 13.0 Å². The van der Waals surface area contributed by atoms with Crippen molar-refractivity contribution in [3.05, 3.63) is 62.7 Å². The van der Waals surface area contributed by atoms with Gasteiger partial charge in [-0.1, -0.05) is 0 Å². The molecule has 0 amide bonds. The topological polar surface area (TPSA) is 60.1 Å². The van der Waals surface area contributed by atoms with E-state index in [2.05, 4.69) is 9.88 Å². The molecule has 2 aromatic rings. The van der Waals surface area contributed by atoms with Crippen LogP contribution in [0.1, 0.15) is 24.1 Å². The largest absolute Gasteiger partial charge is 0.433 e. The highest BCUT2D eigenvalue weighted by Gasteiger charge is 2.33. The van der Waals surface area contributed by atoms with E-state index < -0.39 is 17.4 Å². The molecule has 2 aromatic heterocycles. The predicted octanol–water partition coefficient (Wildman–Crippen LogP) is 1.87. The van der Waals surface area contributed by atoms with Gasteiger partial charge in [0.15, 0.2) is 5.69 Å². The van der Waals surface area contributed by atoms with Gasteiger partial charge in [0.25, 0.3) is 11.1 Å². The average molecular weight is 382 g/mol. The smallest absolute Gasteiger partial charge is 0.319 e. The summed E-state index contributed by atoms with van der Waals surface area (Å²) in [6, 6.07) is 4.09. The van der Waals surface area contributed by atoms with Crippen LogP contribution in [0.25, 0.3) is 0 Å². The fourth-order valence-corrected chi connectivity index (χ4v) is 3.27. The number of nitrogens with zero attached hydrogens (tertiary/aromatic N) is 4. The maximum atomic E-state index is 12.6. The van der Waals surface area contributed by atoms with Crippen molar-refractivity contribution >= 4 is 0 Å². The highest BCUT2D eigenvalue weighted by molar-refractivity contribution is 5.11. The molecule has 0 aliphatic carbocycles. The van der Waals surface area contributed by atoms with Crippen molar-refractivity contribution < 1.29 is 13.2 Å². The zero-order valence-corrected chi connectivity index (χ0v) is 14.9. The van der Waals surface area contributed by atoms with Crippen molar-refractivity contribution in [2.45, 2.75) is 32.1 Å². The van der Waals surface area contributed by atoms with Crippen LogP contribution in [0.3, 0.4) is 0 Å². The van der Waals surface area contributed by atoms with E-state index in [4.69, 9.17) is 0 Å². The standard InChI is InChI=1S/C18H21F3N4O2/c1-23-5-2-14(8-16(23)26)10-24-6-3-13(4-7-24)11-25-12-22-15(9-17(25)27)18(19,20)21/h2,5,8-9,12-13H,3-4,6-7,10-11H2,1H3. The molecule has 1 saturated heterocycles. The summed E-state index contributed by atoms with van der Waals surface area (Å²) in [6.45, 7) is 2.67. The van der Waals surface area contributed by atoms with Crippen LogP contribution < -0.4 is 11.1 Å². The molecule has 3 heterocycles. The third kappa shape index (κ3) is 4.85. The molecule has 3 rings (SSSR count). The van der Waals surface area contributed by atoms with Crippen LogP contribution in [-0.2, 0) is 26.3 Å². The van der Waals surface area contributed by atoms with Gasteiger partial charge in [0.05, 0.1) is 6.33 Å². The van der Waals surface area contributed by atoms with E-state index in [1.165, 1.54) is 9.13 Å². The molecule has 6 nitrogen and oxygen atoms in total. The lowest BCUT2D eigenvalue weighted by molar-refractivity contribution is -0.141. The lowest BCUT2D eigenvalue weighted by Crippen LogP contribution is -2.36. The van der Waals surface area contributed by atoms with Crippen molar-refractivity contribution in [3.8, 4) is 0 Å². The number of hydrogen-bond donors (Lipinski definition) is 0. The molecule has 1 aliphatic heterocycles. The molecule has 0 N–H and O–H groups in total. The van der Waals surface area contributed by atoms with Crippen molar-refractivity contribution in [2.75, 3.05) is 13.1 Å². The van der Waals surface area contributed by atoms with Crippen LogP contribution in [-0.4, -0.2) is 32.1 Å². The first-order valence-corrected chi connectivity index (χ1v) is 8.74. The van der Waals surface area contributed by atoms with Gasteiger partial charge in [0, 0.05) is 38.5 Å². The minimum absolute atomic E-state index is 0.0448. The van der Waals surface area contributed by atoms with Crippen LogP contribution in [0.2, 0.25) is 0 Å². The van der Waals surface area contributed by atoms with Crippen molar-refractivity contribution in [1.29, 1.82) is 0 Å². The molecule has 1 aliphatic rings. The van der Waals surface area contributed by atoms with Gasteiger partial charge < -0.3 is 4.57 Å². The summed E-state index contributed by atoms with van der Waals surface area (Å²) < 4.78 is 40.5. The number of alkyl halides is 3. The number of piperidine rings is 1. The molecule has 1 fully saturated rings. The zero-order valence-electron chi connectivity index (χ0n) is 14.9. The number of likely N-dealkylation sites (tertiary alicyclic amines) is 1. The molecular weight excluding hydrogens is 361 g/mol. The van der Waals surface area contributed by atoms with Crippen LogP contribution in [0.5, 0.6) is 0 Å². The molecule has 0 saturated carbocycles. The Kier molecular flexibility index (Phi) is 5.50. The quantitative estimate of drug-likeness (QED) is 0.810. The Morgan fingerprint density at radius 3 is 2.44 bits per heavy atom. The molecule has 0 unspecified atom stereocenters. The number of hydrogen-bond acceptors (Lipinski definition) is 4. The summed E-state index contributed by atoms with van der Waals surface area (Å²) in [5.74, 6) is 0.209. The first-order valence-electron chi connectivity index (χ1n) is 8.74. The lowest BCUT2D eigenvalue weighted by atomic mass is 9.96. The first kappa shape index (κ1) is 19.3. The molecule has 27 heavy (non-hydrogen) atoms. The van der Waals surface area contributed by atoms with E-state index in [1.807, 2.05) is 6.07 Å². The number of aryl methyl sites for hydroxylation is 1. The molecule has 9 heteroatoms. The van der Waals surface area contributed by atoms with E-state index in [0.717, 1.165) is 37.8 Å². The third-order valence-electron chi connectivity index (χ3n) is 4.91. The first-order chi connectivity index (χ1) is 12.7. The van der Waals surface area contributed by atoms with Crippen molar-refractivity contribution in [3.63, 3.8) is 0 Å². The molecule has 0 spiro atoms. The fourth-order valence-electron chi connectivity index (χ4n) is 3.27. The second-order valence-corrected chi connectivity index (χ2v) is 6.97. The highest BCUT2D eigenvalue weighted by atomic mass is 19.4. The molecular formula is C18H21F3N4O2. The van der Waals surface area contributed by atoms with E-state index >= 15 is 0 Å². The summed E-state index contributed by atoms with van der Waals surface area (Å²) in [6.07, 6.45) is -0.218. The van der Waals surface area contributed by atoms with Crippen LogP contribution in [0, 0.1) is 5.92 Å². The third-order valence-corrected chi connectivity index (χ3v) is 4.91. The van der Waals surface area contributed by atoms with E-state index in [-0.39, 0.29) is 11.5 Å². The molecule has 0 aromatic carbocycles. The van der Waals surface area contributed by atoms with Gasteiger partial charge in [-0.3, -0.25) is 19.1 Å². The normalized spacial score (nSPS) is 16.6. The summed E-state index contributed by atoms with van der Waals surface area (Å²) in [5.41, 5.74) is -0.927. The lowest BCUT2D eigenvalue weighted by Gasteiger charge is -2.32. The van der Waals surface area contributed by atoms with Gasteiger partial charge in [-0.05, 0) is 43.5 Å². The Balaban J connectivity index is 1.56. The van der Waals surface area contributed by atoms with Crippen LogP contribution >= 0.6 is 0 Å². The van der Waals surface area contributed by atoms with Crippen LogP contribution in [0.4, 0.5) is 13.2 Å². The van der Waals surface area contributed by atoms with Gasteiger partial charge in [-0.2, -0.15) is 13.2 Å². The maximum Gasteiger partial charge on any atom is 0.433 e. The molecule has 0 bridgehead atoms. The maximum absolute atomic E-state index is 12.6. The number of halogens is 3. The summed E-state index contributed by atoms with van der Waals surface area (Å²) in [5, 5.41) is 0. The minimum Gasteiger partial charge on any atom is -0.319 e. The number of aromatic nitrogens is 3. The van der Waals surface area contributed by atoms with E-state index in [9.17, 15) is 22.8 Å². The highest BCUT2D eigenvalue weighted by Crippen LogP contribution is 2.26. The average Bonchev–Trinajstić information content (AvgIpc) is 2.61. The summed E-state index contributed by atoms with van der Waals surface area (Å²) >= 11 is 0. The number of rotatable bonds is 4. The van der Waals surface area contributed by atoms with Gasteiger partial charge in [0.2, 0.25) is 0 Å². The fraction of sp³-hybridized carbons (Fsp3) is 0.500. The Morgan fingerprint density at radius 2 is 1.85 bits per heavy atom. The summed E-state index contributed by atoms with van der Waals surface area (Å²) in [4.78, 5) is 29.2. The zero-order chi connectivity index (χ0) is 19.6. The van der Waals surface area contributed by atoms with Gasteiger partial charge >= 0.3 is 6.18 Å². The Hall–Kier alpha value is -2.42. The Labute approximate surface area is 153 Å². The molecule has 0 atom stereocenters. The monoisotopic (exact) mass is 382 g/mol. The minimum atomic E-state index is -4.61. The van der Waals surface area contributed by atoms with Gasteiger partial charge in [-0.25, -0.2) is 4.98 Å².